The van der Waals surface area contributed by atoms with Crippen molar-refractivity contribution in [3.8, 4) is 0 Å². The van der Waals surface area contributed by atoms with Crippen LogP contribution in [-0.4, -0.2) is 22.9 Å². The summed E-state index contributed by atoms with van der Waals surface area (Å²) in [6.07, 6.45) is 6.34. The van der Waals surface area contributed by atoms with E-state index in [-0.39, 0.29) is 0 Å². The SMILES string of the molecule is CNC(Cc1c(C)nn(C)c1Cl)C1CCCCC1(C)C. The van der Waals surface area contributed by atoms with Crippen molar-refractivity contribution in [3.05, 3.63) is 16.4 Å². The molecule has 1 aliphatic rings. The van der Waals surface area contributed by atoms with Gasteiger partial charge in [0.15, 0.2) is 0 Å². The van der Waals surface area contributed by atoms with Gasteiger partial charge in [-0.05, 0) is 44.6 Å². The fourth-order valence-corrected chi connectivity index (χ4v) is 4.09. The Morgan fingerprint density at radius 3 is 2.65 bits per heavy atom. The van der Waals surface area contributed by atoms with Crippen molar-refractivity contribution in [2.45, 2.75) is 58.9 Å². The fourth-order valence-electron chi connectivity index (χ4n) is 3.84. The lowest BCUT2D eigenvalue weighted by atomic mass is 9.65. The first-order chi connectivity index (χ1) is 9.36. The molecule has 1 aromatic rings. The van der Waals surface area contributed by atoms with E-state index in [0.717, 1.165) is 17.3 Å². The predicted molar refractivity (Wildman–Crippen MR) is 85.2 cm³/mol. The Labute approximate surface area is 128 Å². The molecule has 1 N–H and O–H groups in total. The molecule has 0 saturated heterocycles. The second-order valence-corrected chi connectivity index (χ2v) is 7.28. The summed E-state index contributed by atoms with van der Waals surface area (Å²) >= 11 is 6.40. The van der Waals surface area contributed by atoms with E-state index in [2.05, 4.69) is 38.2 Å². The maximum Gasteiger partial charge on any atom is 0.130 e. The van der Waals surface area contributed by atoms with Crippen LogP contribution in [0.3, 0.4) is 0 Å². The number of hydrogen-bond donors (Lipinski definition) is 1. The summed E-state index contributed by atoms with van der Waals surface area (Å²) in [5.74, 6) is 0.705. The Kier molecular flexibility index (Phi) is 4.80. The lowest BCUT2D eigenvalue weighted by Gasteiger charge is -2.43. The molecule has 0 aliphatic heterocycles. The Bertz CT molecular complexity index is 465. The monoisotopic (exact) mass is 297 g/mol. The van der Waals surface area contributed by atoms with Crippen LogP contribution >= 0.6 is 11.6 Å². The molecule has 0 amide bonds. The molecule has 2 rings (SSSR count). The largest absolute Gasteiger partial charge is 0.316 e. The summed E-state index contributed by atoms with van der Waals surface area (Å²) in [6.45, 7) is 6.89. The number of aryl methyl sites for hydroxylation is 2. The van der Waals surface area contributed by atoms with Crippen molar-refractivity contribution in [3.63, 3.8) is 0 Å². The minimum Gasteiger partial charge on any atom is -0.316 e. The topological polar surface area (TPSA) is 29.9 Å². The van der Waals surface area contributed by atoms with E-state index in [9.17, 15) is 0 Å². The van der Waals surface area contributed by atoms with Crippen LogP contribution in [0.4, 0.5) is 0 Å². The van der Waals surface area contributed by atoms with Gasteiger partial charge in [-0.1, -0.05) is 38.3 Å². The second kappa shape index (κ2) is 6.07. The maximum atomic E-state index is 6.40. The number of likely N-dealkylation sites (N-methyl/N-ethyl adjacent to an activating group) is 1. The average Bonchev–Trinajstić information content (AvgIpc) is 2.62. The molecule has 0 radical (unpaired) electrons. The van der Waals surface area contributed by atoms with E-state index >= 15 is 0 Å². The van der Waals surface area contributed by atoms with E-state index in [1.54, 1.807) is 4.68 Å². The average molecular weight is 298 g/mol. The van der Waals surface area contributed by atoms with Gasteiger partial charge in [-0.15, -0.1) is 0 Å². The van der Waals surface area contributed by atoms with Crippen LogP contribution in [0.2, 0.25) is 5.15 Å². The molecule has 1 aliphatic carbocycles. The molecule has 1 saturated carbocycles. The van der Waals surface area contributed by atoms with Crippen molar-refractivity contribution in [2.75, 3.05) is 7.05 Å². The normalized spacial score (nSPS) is 23.8. The van der Waals surface area contributed by atoms with E-state index in [1.807, 2.05) is 7.05 Å². The molecular weight excluding hydrogens is 270 g/mol. The summed E-state index contributed by atoms with van der Waals surface area (Å²) in [7, 11) is 3.99. The fraction of sp³-hybridized carbons (Fsp3) is 0.812. The number of halogens is 1. The molecule has 0 bridgehead atoms. The first kappa shape index (κ1) is 15.8. The van der Waals surface area contributed by atoms with Crippen LogP contribution in [0.5, 0.6) is 0 Å². The van der Waals surface area contributed by atoms with Gasteiger partial charge in [-0.2, -0.15) is 5.10 Å². The highest BCUT2D eigenvalue weighted by Crippen LogP contribution is 2.43. The molecule has 2 atom stereocenters. The van der Waals surface area contributed by atoms with Crippen molar-refractivity contribution in [2.24, 2.45) is 18.4 Å². The molecule has 114 valence electrons. The summed E-state index contributed by atoms with van der Waals surface area (Å²) in [6, 6.07) is 0.478. The molecule has 1 aromatic heterocycles. The third-order valence-corrected chi connectivity index (χ3v) is 5.61. The summed E-state index contributed by atoms with van der Waals surface area (Å²) in [4.78, 5) is 0. The molecule has 1 heterocycles. The van der Waals surface area contributed by atoms with Gasteiger partial charge in [0, 0.05) is 18.7 Å². The zero-order valence-electron chi connectivity index (χ0n) is 13.5. The van der Waals surface area contributed by atoms with Crippen LogP contribution in [0, 0.1) is 18.3 Å². The van der Waals surface area contributed by atoms with Gasteiger partial charge in [-0.25, -0.2) is 0 Å². The van der Waals surface area contributed by atoms with Crippen LogP contribution in [-0.2, 0) is 13.5 Å². The quantitative estimate of drug-likeness (QED) is 0.918. The van der Waals surface area contributed by atoms with E-state index in [1.165, 1.54) is 31.2 Å². The van der Waals surface area contributed by atoms with Crippen molar-refractivity contribution >= 4 is 11.6 Å². The van der Waals surface area contributed by atoms with Crippen LogP contribution in [0.25, 0.3) is 0 Å². The smallest absolute Gasteiger partial charge is 0.130 e. The highest BCUT2D eigenvalue weighted by molar-refractivity contribution is 6.30. The number of aromatic nitrogens is 2. The molecule has 0 aromatic carbocycles. The molecule has 0 spiro atoms. The zero-order chi connectivity index (χ0) is 14.9. The van der Waals surface area contributed by atoms with Gasteiger partial charge in [0.25, 0.3) is 0 Å². The highest BCUT2D eigenvalue weighted by atomic mass is 35.5. The van der Waals surface area contributed by atoms with Gasteiger partial charge < -0.3 is 5.32 Å². The van der Waals surface area contributed by atoms with Gasteiger partial charge in [0.05, 0.1) is 5.69 Å². The van der Waals surface area contributed by atoms with Crippen molar-refractivity contribution in [1.82, 2.24) is 15.1 Å². The molecule has 2 unspecified atom stereocenters. The number of nitrogens with zero attached hydrogens (tertiary/aromatic N) is 2. The van der Waals surface area contributed by atoms with E-state index in [0.29, 0.717) is 17.4 Å². The Morgan fingerprint density at radius 1 is 1.45 bits per heavy atom. The Balaban J connectivity index is 2.20. The van der Waals surface area contributed by atoms with Crippen molar-refractivity contribution in [1.29, 1.82) is 0 Å². The van der Waals surface area contributed by atoms with Crippen molar-refractivity contribution < 1.29 is 0 Å². The minimum atomic E-state index is 0.411. The first-order valence-corrected chi connectivity index (χ1v) is 8.10. The molecule has 4 heteroatoms. The summed E-state index contributed by atoms with van der Waals surface area (Å²) in [5.41, 5.74) is 2.68. The molecular formula is C16H28ClN3. The third-order valence-electron chi connectivity index (χ3n) is 5.14. The highest BCUT2D eigenvalue weighted by Gasteiger charge is 2.37. The van der Waals surface area contributed by atoms with Gasteiger partial charge in [0.2, 0.25) is 0 Å². The number of hydrogen-bond acceptors (Lipinski definition) is 2. The standard InChI is InChI=1S/C16H28ClN3/c1-11-12(15(17)20(5)19-11)10-14(18-4)13-8-6-7-9-16(13,2)3/h13-14,18H,6-10H2,1-5H3. The van der Waals surface area contributed by atoms with Gasteiger partial charge in [-0.3, -0.25) is 4.68 Å². The number of rotatable bonds is 4. The van der Waals surface area contributed by atoms with E-state index in [4.69, 9.17) is 11.6 Å². The summed E-state index contributed by atoms with van der Waals surface area (Å²) < 4.78 is 1.78. The van der Waals surface area contributed by atoms with Crippen LogP contribution in [0.15, 0.2) is 0 Å². The Morgan fingerprint density at radius 2 is 2.15 bits per heavy atom. The maximum absolute atomic E-state index is 6.40. The van der Waals surface area contributed by atoms with Gasteiger partial charge >= 0.3 is 0 Å². The second-order valence-electron chi connectivity index (χ2n) is 6.92. The Hall–Kier alpha value is -0.540. The minimum absolute atomic E-state index is 0.411. The predicted octanol–water partition coefficient (Wildman–Crippen LogP) is 3.73. The lowest BCUT2D eigenvalue weighted by molar-refractivity contribution is 0.101. The zero-order valence-corrected chi connectivity index (χ0v) is 14.2. The number of nitrogens with one attached hydrogen (secondary N) is 1. The molecule has 1 fully saturated rings. The first-order valence-electron chi connectivity index (χ1n) is 7.72. The third kappa shape index (κ3) is 3.04. The van der Waals surface area contributed by atoms with Crippen LogP contribution < -0.4 is 5.32 Å². The lowest BCUT2D eigenvalue weighted by Crippen LogP contribution is -2.44. The molecule has 3 nitrogen and oxygen atoms in total. The molecule has 20 heavy (non-hydrogen) atoms. The van der Waals surface area contributed by atoms with Crippen LogP contribution in [0.1, 0.15) is 50.8 Å². The van der Waals surface area contributed by atoms with E-state index < -0.39 is 0 Å². The van der Waals surface area contributed by atoms with Gasteiger partial charge in [0.1, 0.15) is 5.15 Å². The summed E-state index contributed by atoms with van der Waals surface area (Å²) in [5, 5.41) is 8.77.